The van der Waals surface area contributed by atoms with E-state index in [0.717, 1.165) is 12.8 Å². The summed E-state index contributed by atoms with van der Waals surface area (Å²) < 4.78 is 0. The highest BCUT2D eigenvalue weighted by Crippen LogP contribution is 2.65. The number of hydrogen-bond acceptors (Lipinski definition) is 39. The van der Waals surface area contributed by atoms with Crippen molar-refractivity contribution < 1.29 is 0 Å². The fourth-order valence-electron chi connectivity index (χ4n) is 14.9. The van der Waals surface area contributed by atoms with Crippen LogP contribution in [0.1, 0.15) is 47.9 Å². The Bertz CT molecular complexity index is 5470. The summed E-state index contributed by atoms with van der Waals surface area (Å²) in [5.41, 5.74) is 262. The van der Waals surface area contributed by atoms with Gasteiger partial charge >= 0.3 is 0 Å². The minimum Gasteiger partial charge on any atom is -0.398 e. The molecule has 11 rings (SSSR count). The van der Waals surface area contributed by atoms with Crippen LogP contribution in [0.15, 0.2) is 23.4 Å². The molecule has 2 atom stereocenters. The second kappa shape index (κ2) is 23.7. The summed E-state index contributed by atoms with van der Waals surface area (Å²) >= 11 is 0. The highest BCUT2D eigenvalue weighted by Gasteiger charge is 2.43. The number of allylic oxidation sites excluding steroid dienone is 1. The fraction of sp³-hybridized carbons (Fsp3) is 0.104. The van der Waals surface area contributed by atoms with Crippen LogP contribution in [0, 0.1) is 6.92 Å². The van der Waals surface area contributed by atoms with Gasteiger partial charge in [-0.1, -0.05) is 6.58 Å². The van der Waals surface area contributed by atoms with Crippen molar-refractivity contribution in [3.63, 3.8) is 0 Å². The van der Waals surface area contributed by atoms with Crippen LogP contribution in [0.2, 0.25) is 0 Å². The summed E-state index contributed by atoms with van der Waals surface area (Å²) in [5.74, 6) is -0.0580. The first kappa shape index (κ1) is 72.0. The molecule has 1 fully saturated rings. The van der Waals surface area contributed by atoms with E-state index in [0.29, 0.717) is 16.7 Å². The number of nitrogen functional groups attached to an aromatic ring is 36. The van der Waals surface area contributed by atoms with E-state index in [4.69, 9.17) is 224 Å². The first-order valence-electron chi connectivity index (χ1n) is 32.0. The van der Waals surface area contributed by atoms with Crippen molar-refractivity contribution in [3.05, 3.63) is 45.7 Å². The Labute approximate surface area is 605 Å². The molecule has 39 heteroatoms. The van der Waals surface area contributed by atoms with Gasteiger partial charge in [-0.2, -0.15) is 0 Å². The van der Waals surface area contributed by atoms with E-state index in [1.165, 1.54) is 0 Å². The monoisotopic (exact) mass is 1440 g/mol. The molecule has 2 aliphatic carbocycles. The van der Waals surface area contributed by atoms with Gasteiger partial charge in [0.2, 0.25) is 0 Å². The van der Waals surface area contributed by atoms with Gasteiger partial charge in [-0.25, -0.2) is 0 Å². The van der Waals surface area contributed by atoms with Gasteiger partial charge in [0.15, 0.2) is 0 Å². The third-order valence-electron chi connectivity index (χ3n) is 20.8. The van der Waals surface area contributed by atoms with Gasteiger partial charge in [0.05, 0.1) is 217 Å². The average molecular weight is 1440 g/mol. The third kappa shape index (κ3) is 9.25. The Kier molecular flexibility index (Phi) is 16.1. The lowest BCUT2D eigenvalue weighted by Crippen LogP contribution is -2.47. The first-order chi connectivity index (χ1) is 49.2. The Morgan fingerprint density at radius 2 is 0.377 bits per heavy atom. The van der Waals surface area contributed by atoms with E-state index in [-0.39, 0.29) is 271 Å². The van der Waals surface area contributed by atoms with E-state index in [9.17, 15) is 0 Å². The topological polar surface area (TPSA) is 1010 Å². The SMILES string of the molecule is C=C(C)C1=C(c2c(N)c(-c3c(N)c(N)c(-c4c(N)c(N)c(N)c(N)c4N)c(N)c3N)c(N)c(-c3c(N)c(-c4c(N)c(N)c(-c5c(N)c(N)c(N)c(N)c5N)c(N)c4N)c(N)c(-c4c(N)c(N)c(-c5c(N)c(N)c(N)c(C)c5C5CC5)c(N)c4N)c3N)c2N)C(N)C(N)C(c2c(N)c(N)c(N)c(N)c2N)=C1N. The molecule has 0 aromatic heterocycles. The van der Waals surface area contributed by atoms with Gasteiger partial charge in [-0.15, -0.1) is 0 Å². The van der Waals surface area contributed by atoms with Crippen molar-refractivity contribution in [2.75, 3.05) is 206 Å². The second-order valence-electron chi connectivity index (χ2n) is 26.7. The lowest BCUT2D eigenvalue weighted by atomic mass is 9.73. The minimum absolute atomic E-state index is 0.0177. The van der Waals surface area contributed by atoms with E-state index < -0.39 is 63.3 Å². The van der Waals surface area contributed by atoms with Gasteiger partial charge in [0.1, 0.15) is 0 Å². The highest BCUT2D eigenvalue weighted by atomic mass is 14.9. The largest absolute Gasteiger partial charge is 0.398 e. The minimum atomic E-state index is -1.52. The molecule has 556 valence electrons. The van der Waals surface area contributed by atoms with Gasteiger partial charge in [0, 0.05) is 106 Å². The molecule has 0 saturated heterocycles. The smallest absolute Gasteiger partial charge is 0.0824 e. The van der Waals surface area contributed by atoms with Crippen molar-refractivity contribution in [3.8, 4) is 77.9 Å². The summed E-state index contributed by atoms with van der Waals surface area (Å²) in [6, 6.07) is -2.98. The van der Waals surface area contributed by atoms with E-state index >= 15 is 0 Å². The van der Waals surface area contributed by atoms with Crippen LogP contribution in [0.25, 0.3) is 89.0 Å². The maximum Gasteiger partial charge on any atom is 0.0824 e. The normalized spacial score (nSPS) is 14.5. The summed E-state index contributed by atoms with van der Waals surface area (Å²) in [7, 11) is 0. The van der Waals surface area contributed by atoms with Crippen molar-refractivity contribution in [1.82, 2.24) is 0 Å². The Hall–Kier alpha value is -15.3. The van der Waals surface area contributed by atoms with E-state index in [2.05, 4.69) is 6.58 Å². The summed E-state index contributed by atoms with van der Waals surface area (Å²) in [4.78, 5) is 0. The van der Waals surface area contributed by atoms with Crippen molar-refractivity contribution in [2.24, 2.45) is 17.2 Å². The van der Waals surface area contributed by atoms with Crippen LogP contribution in [0.5, 0.6) is 0 Å². The van der Waals surface area contributed by atoms with Crippen LogP contribution < -0.4 is 224 Å². The van der Waals surface area contributed by atoms with Crippen LogP contribution in [0.4, 0.5) is 205 Å². The molecular formula is C67H93N39. The molecule has 0 bridgehead atoms. The molecule has 0 radical (unpaired) electrons. The fourth-order valence-corrected chi connectivity index (χ4v) is 14.9. The molecule has 9 aromatic carbocycles. The Morgan fingerprint density at radius 1 is 0.217 bits per heavy atom. The molecule has 9 aromatic rings. The lowest BCUT2D eigenvalue weighted by Gasteiger charge is -2.37. The highest BCUT2D eigenvalue weighted by molar-refractivity contribution is 6.27. The Balaban J connectivity index is 1.39. The standard InChI is InChI=1S/C67H93N39/c1-6(2)9-11(37(76)41(80)20(30(9)69)24-52(91)59(98)65(104)60(99)53(24)92)13-31(70)15(33(72)17(32(13)71)21-44(83)48(87)25(49(88)45(21)84)27-54(93)61(100)66(105)62(101)55(27)94)16-34(73)18(22-42(81)39(78)14(40(79)43(22)82)12-10(8-4-5-8)7(3)29(68)58(97)38(12)77)36(75)19(35(16)74)23-46(85)50(89)26(51(90)47(23)86)28-56(95)63(102)67(106)64(103)57(28)96/h8,37,41H,1,4-5,68-106H2,2-3H3. The quantitative estimate of drug-likeness (QED) is 0.0799. The predicted molar refractivity (Wildman–Crippen MR) is 455 cm³/mol. The molecule has 39 nitrogen and oxygen atoms in total. The van der Waals surface area contributed by atoms with Crippen LogP contribution in [-0.4, -0.2) is 12.1 Å². The Morgan fingerprint density at radius 3 is 0.613 bits per heavy atom. The summed E-state index contributed by atoms with van der Waals surface area (Å²) in [6.07, 6.45) is 1.49. The lowest BCUT2D eigenvalue weighted by molar-refractivity contribution is 0.719. The van der Waals surface area contributed by atoms with Crippen LogP contribution in [0.3, 0.4) is 0 Å². The molecule has 1 saturated carbocycles. The van der Waals surface area contributed by atoms with Crippen molar-refractivity contribution in [2.45, 2.75) is 44.7 Å². The van der Waals surface area contributed by atoms with Gasteiger partial charge in [-0.05, 0) is 54.9 Å². The maximum absolute atomic E-state index is 7.82. The molecular weight excluding hydrogens is 1350 g/mol. The zero-order valence-corrected chi connectivity index (χ0v) is 57.9. The predicted octanol–water partition coefficient (Wildman–Crippen LogP) is 0.869. The number of hydrogen-bond donors (Lipinski definition) is 39. The van der Waals surface area contributed by atoms with E-state index in [1.54, 1.807) is 13.8 Å². The van der Waals surface area contributed by atoms with Gasteiger partial charge < -0.3 is 224 Å². The molecule has 0 spiro atoms. The van der Waals surface area contributed by atoms with Crippen LogP contribution in [-0.2, 0) is 0 Å². The molecule has 78 N–H and O–H groups in total. The van der Waals surface area contributed by atoms with Crippen molar-refractivity contribution in [1.29, 1.82) is 0 Å². The zero-order chi connectivity index (χ0) is 79.2. The second-order valence-corrected chi connectivity index (χ2v) is 26.7. The van der Waals surface area contributed by atoms with E-state index in [1.807, 2.05) is 0 Å². The molecule has 0 heterocycles. The zero-order valence-electron chi connectivity index (χ0n) is 57.9. The molecule has 0 amide bonds. The number of rotatable bonds is 11. The third-order valence-corrected chi connectivity index (χ3v) is 20.8. The molecule has 0 aliphatic heterocycles. The average Bonchev–Trinajstić information content (AvgIpc) is 0.858. The summed E-state index contributed by atoms with van der Waals surface area (Å²) in [6.45, 7) is 7.68. The number of benzene rings is 9. The summed E-state index contributed by atoms with van der Waals surface area (Å²) in [5, 5.41) is 0. The van der Waals surface area contributed by atoms with Gasteiger partial charge in [0.25, 0.3) is 0 Å². The molecule has 2 unspecified atom stereocenters. The first-order valence-corrected chi connectivity index (χ1v) is 32.0. The van der Waals surface area contributed by atoms with Crippen molar-refractivity contribution >= 4 is 216 Å². The molecule has 2 aliphatic rings. The number of nitrogens with two attached hydrogens (primary N) is 39. The molecule has 106 heavy (non-hydrogen) atoms. The van der Waals surface area contributed by atoms with Crippen LogP contribution >= 0.6 is 0 Å². The van der Waals surface area contributed by atoms with Gasteiger partial charge in [-0.3, -0.25) is 0 Å². The number of anilines is 36. The maximum atomic E-state index is 7.82.